The highest BCUT2D eigenvalue weighted by molar-refractivity contribution is 7.07. The molecular weight excluding hydrogens is 220 g/mol. The molecule has 0 spiro atoms. The van der Waals surface area contributed by atoms with Gasteiger partial charge in [-0.25, -0.2) is 0 Å². The number of nitrogens with zero attached hydrogens (tertiary/aromatic N) is 1. The first-order valence-electron chi connectivity index (χ1n) is 5.63. The average molecular weight is 238 g/mol. The molecule has 1 atom stereocenters. The first kappa shape index (κ1) is 11.6. The number of nitrogens with one attached hydrogen (secondary N) is 1. The van der Waals surface area contributed by atoms with E-state index in [-0.39, 0.29) is 11.4 Å². The molecule has 1 aliphatic heterocycles. The van der Waals surface area contributed by atoms with Gasteiger partial charge in [-0.05, 0) is 48.7 Å². The third-order valence-electron chi connectivity index (χ3n) is 3.19. The van der Waals surface area contributed by atoms with Gasteiger partial charge in [0.05, 0.1) is 5.54 Å². The molecule has 1 saturated heterocycles. The minimum atomic E-state index is -0.342. The third kappa shape index (κ3) is 2.28. The van der Waals surface area contributed by atoms with E-state index in [1.165, 1.54) is 5.56 Å². The molecule has 4 heteroatoms. The van der Waals surface area contributed by atoms with Crippen LogP contribution in [0.2, 0.25) is 0 Å². The monoisotopic (exact) mass is 238 g/mol. The summed E-state index contributed by atoms with van der Waals surface area (Å²) in [4.78, 5) is 14.1. The number of carbonyl (C=O) groups is 1. The fraction of sp³-hybridized carbons (Fsp3) is 0.583. The molecule has 0 aromatic carbocycles. The van der Waals surface area contributed by atoms with E-state index in [0.29, 0.717) is 6.54 Å². The third-order valence-corrected chi connectivity index (χ3v) is 3.92. The second kappa shape index (κ2) is 4.55. The van der Waals surface area contributed by atoms with Gasteiger partial charge in [0, 0.05) is 13.6 Å². The molecule has 2 rings (SSSR count). The smallest absolute Gasteiger partial charge is 0.242 e. The molecule has 1 fully saturated rings. The normalized spacial score (nSPS) is 24.6. The van der Waals surface area contributed by atoms with Crippen LogP contribution in [-0.2, 0) is 11.3 Å². The number of likely N-dealkylation sites (N-methyl/N-ethyl adjacent to an activating group) is 1. The van der Waals surface area contributed by atoms with Crippen LogP contribution < -0.4 is 5.32 Å². The molecule has 2 heterocycles. The van der Waals surface area contributed by atoms with Crippen LogP contribution in [0.25, 0.3) is 0 Å². The van der Waals surface area contributed by atoms with Crippen molar-refractivity contribution in [3.8, 4) is 0 Å². The van der Waals surface area contributed by atoms with Crippen LogP contribution in [0.5, 0.6) is 0 Å². The van der Waals surface area contributed by atoms with Crippen LogP contribution in [0, 0.1) is 0 Å². The maximum absolute atomic E-state index is 12.3. The predicted octanol–water partition coefficient (Wildman–Crippen LogP) is 1.85. The molecule has 1 aliphatic rings. The summed E-state index contributed by atoms with van der Waals surface area (Å²) in [7, 11) is 1.88. The topological polar surface area (TPSA) is 32.3 Å². The summed E-state index contributed by atoms with van der Waals surface area (Å²) in [5.41, 5.74) is 0.868. The van der Waals surface area contributed by atoms with Crippen molar-refractivity contribution in [1.82, 2.24) is 10.2 Å². The summed E-state index contributed by atoms with van der Waals surface area (Å²) in [6, 6.07) is 2.07. The van der Waals surface area contributed by atoms with Crippen LogP contribution in [-0.4, -0.2) is 29.9 Å². The van der Waals surface area contributed by atoms with Gasteiger partial charge in [0.25, 0.3) is 0 Å². The van der Waals surface area contributed by atoms with Gasteiger partial charge in [0.15, 0.2) is 0 Å². The van der Waals surface area contributed by atoms with Gasteiger partial charge < -0.3 is 10.2 Å². The van der Waals surface area contributed by atoms with E-state index in [9.17, 15) is 4.79 Å². The number of hydrogen-bond acceptors (Lipinski definition) is 3. The Hall–Kier alpha value is -0.870. The first-order chi connectivity index (χ1) is 7.62. The Morgan fingerprint density at radius 2 is 2.50 bits per heavy atom. The number of carbonyl (C=O) groups excluding carboxylic acids is 1. The molecule has 88 valence electrons. The Bertz CT molecular complexity index is 355. The fourth-order valence-corrected chi connectivity index (χ4v) is 2.89. The van der Waals surface area contributed by atoms with E-state index in [4.69, 9.17) is 0 Å². The zero-order chi connectivity index (χ0) is 11.6. The first-order valence-corrected chi connectivity index (χ1v) is 6.58. The summed E-state index contributed by atoms with van der Waals surface area (Å²) in [5.74, 6) is 0.205. The molecule has 0 radical (unpaired) electrons. The lowest BCUT2D eigenvalue weighted by Crippen LogP contribution is -2.51. The highest BCUT2D eigenvalue weighted by Gasteiger charge is 2.37. The number of hydrogen-bond donors (Lipinski definition) is 1. The second-order valence-electron chi connectivity index (χ2n) is 4.66. The largest absolute Gasteiger partial charge is 0.340 e. The highest BCUT2D eigenvalue weighted by Crippen LogP contribution is 2.21. The van der Waals surface area contributed by atoms with Crippen LogP contribution in [0.15, 0.2) is 16.8 Å². The SMILES string of the molecule is CN(Cc1ccsc1)C(=O)C1(C)CCCN1. The van der Waals surface area contributed by atoms with Crippen molar-refractivity contribution in [2.45, 2.75) is 31.8 Å². The minimum absolute atomic E-state index is 0.205. The van der Waals surface area contributed by atoms with Crippen molar-refractivity contribution in [1.29, 1.82) is 0 Å². The Balaban J connectivity index is 1.99. The second-order valence-corrected chi connectivity index (χ2v) is 5.44. The Morgan fingerprint density at radius 1 is 1.69 bits per heavy atom. The van der Waals surface area contributed by atoms with E-state index in [0.717, 1.165) is 19.4 Å². The van der Waals surface area contributed by atoms with Crippen molar-refractivity contribution in [2.75, 3.05) is 13.6 Å². The quantitative estimate of drug-likeness (QED) is 0.871. The molecule has 0 aliphatic carbocycles. The molecule has 3 nitrogen and oxygen atoms in total. The van der Waals surface area contributed by atoms with E-state index in [1.54, 1.807) is 11.3 Å². The Morgan fingerprint density at radius 3 is 3.06 bits per heavy atom. The minimum Gasteiger partial charge on any atom is -0.340 e. The van der Waals surface area contributed by atoms with Crippen molar-refractivity contribution in [3.05, 3.63) is 22.4 Å². The summed E-state index contributed by atoms with van der Waals surface area (Å²) in [5, 5.41) is 7.44. The van der Waals surface area contributed by atoms with Crippen molar-refractivity contribution in [3.63, 3.8) is 0 Å². The summed E-state index contributed by atoms with van der Waals surface area (Å²) < 4.78 is 0. The van der Waals surface area contributed by atoms with Gasteiger partial charge in [-0.1, -0.05) is 0 Å². The van der Waals surface area contributed by atoms with Crippen molar-refractivity contribution < 1.29 is 4.79 Å². The Labute approximate surface area is 100 Å². The number of thiophene rings is 1. The predicted molar refractivity (Wildman–Crippen MR) is 66.4 cm³/mol. The van der Waals surface area contributed by atoms with E-state index in [2.05, 4.69) is 16.8 Å². The molecule has 1 N–H and O–H groups in total. The van der Waals surface area contributed by atoms with Crippen LogP contribution in [0.4, 0.5) is 0 Å². The summed E-state index contributed by atoms with van der Waals surface area (Å²) in [6.07, 6.45) is 2.04. The lowest BCUT2D eigenvalue weighted by molar-refractivity contribution is -0.136. The maximum atomic E-state index is 12.3. The Kier molecular flexibility index (Phi) is 3.30. The molecule has 0 bridgehead atoms. The molecule has 0 saturated carbocycles. The molecule has 1 aromatic rings. The van der Waals surface area contributed by atoms with Crippen molar-refractivity contribution >= 4 is 17.2 Å². The summed E-state index contributed by atoms with van der Waals surface area (Å²) >= 11 is 1.67. The lowest BCUT2D eigenvalue weighted by Gasteiger charge is -2.29. The van der Waals surface area contributed by atoms with Gasteiger partial charge >= 0.3 is 0 Å². The van der Waals surface area contributed by atoms with Gasteiger partial charge in [0.2, 0.25) is 5.91 Å². The van der Waals surface area contributed by atoms with E-state index >= 15 is 0 Å². The lowest BCUT2D eigenvalue weighted by atomic mass is 9.98. The molecular formula is C12H18N2OS. The molecule has 1 unspecified atom stereocenters. The van der Waals surface area contributed by atoms with Gasteiger partial charge in [-0.3, -0.25) is 4.79 Å². The zero-order valence-corrected chi connectivity index (χ0v) is 10.6. The fourth-order valence-electron chi connectivity index (χ4n) is 2.23. The summed E-state index contributed by atoms with van der Waals surface area (Å²) in [6.45, 7) is 3.67. The zero-order valence-electron chi connectivity index (χ0n) is 9.82. The van der Waals surface area contributed by atoms with Gasteiger partial charge in [0.1, 0.15) is 0 Å². The molecule has 16 heavy (non-hydrogen) atoms. The van der Waals surface area contributed by atoms with Crippen LogP contribution >= 0.6 is 11.3 Å². The van der Waals surface area contributed by atoms with Gasteiger partial charge in [-0.2, -0.15) is 11.3 Å². The standard InChI is InChI=1S/C12H18N2OS/c1-12(5-3-6-13-12)11(15)14(2)8-10-4-7-16-9-10/h4,7,9,13H,3,5-6,8H2,1-2H3. The number of rotatable bonds is 3. The molecule has 1 amide bonds. The maximum Gasteiger partial charge on any atom is 0.242 e. The highest BCUT2D eigenvalue weighted by atomic mass is 32.1. The number of amides is 1. The van der Waals surface area contributed by atoms with E-state index < -0.39 is 0 Å². The van der Waals surface area contributed by atoms with Crippen LogP contribution in [0.1, 0.15) is 25.3 Å². The van der Waals surface area contributed by atoms with Gasteiger partial charge in [-0.15, -0.1) is 0 Å². The average Bonchev–Trinajstić information content (AvgIpc) is 2.89. The van der Waals surface area contributed by atoms with Crippen molar-refractivity contribution in [2.24, 2.45) is 0 Å². The van der Waals surface area contributed by atoms with E-state index in [1.807, 2.05) is 24.3 Å². The van der Waals surface area contributed by atoms with Crippen LogP contribution in [0.3, 0.4) is 0 Å². The molecule has 1 aromatic heterocycles.